The van der Waals surface area contributed by atoms with Crippen LogP contribution in [0.2, 0.25) is 0 Å². The van der Waals surface area contributed by atoms with E-state index in [0.29, 0.717) is 6.54 Å². The maximum Gasteiger partial charge on any atom is 0.160 e. The fourth-order valence-electron chi connectivity index (χ4n) is 1.73. The number of hydrogen-bond acceptors (Lipinski definition) is 3. The van der Waals surface area contributed by atoms with Gasteiger partial charge in [-0.05, 0) is 31.5 Å². The molecule has 0 bridgehead atoms. The topological polar surface area (TPSA) is 44.1 Å². The third-order valence-electron chi connectivity index (χ3n) is 2.75. The molecule has 0 heterocycles. The highest BCUT2D eigenvalue weighted by atomic mass is 16.1. The molecule has 1 aromatic carbocycles. The minimum atomic E-state index is -0.0141. The lowest BCUT2D eigenvalue weighted by atomic mass is 10.1. The standard InChI is InChI=1S/C14H18N2O/c1-12-5-3-4-6-13(12)8-10-16(2)11-14(17)7-9-15/h3-6H,7-8,10-11H2,1-2H3. The van der Waals surface area contributed by atoms with Gasteiger partial charge in [-0.1, -0.05) is 24.3 Å². The first-order valence-electron chi connectivity index (χ1n) is 5.75. The number of benzene rings is 1. The Morgan fingerprint density at radius 3 is 2.76 bits per heavy atom. The third kappa shape index (κ3) is 4.80. The molecule has 1 aromatic rings. The molecular formula is C14H18N2O. The summed E-state index contributed by atoms with van der Waals surface area (Å²) in [4.78, 5) is 13.2. The van der Waals surface area contributed by atoms with Crippen LogP contribution in [0.3, 0.4) is 0 Å². The van der Waals surface area contributed by atoms with E-state index < -0.39 is 0 Å². The number of nitrogens with zero attached hydrogens (tertiary/aromatic N) is 2. The van der Waals surface area contributed by atoms with Gasteiger partial charge in [0.2, 0.25) is 0 Å². The first kappa shape index (κ1) is 13.4. The summed E-state index contributed by atoms with van der Waals surface area (Å²) in [5.74, 6) is -0.0141. The number of carbonyl (C=O) groups is 1. The van der Waals surface area contributed by atoms with E-state index in [1.165, 1.54) is 11.1 Å². The quantitative estimate of drug-likeness (QED) is 0.750. The van der Waals surface area contributed by atoms with E-state index >= 15 is 0 Å². The summed E-state index contributed by atoms with van der Waals surface area (Å²) in [6.07, 6.45) is 0.942. The molecule has 0 radical (unpaired) electrons. The molecule has 0 saturated heterocycles. The van der Waals surface area contributed by atoms with Crippen molar-refractivity contribution in [3.8, 4) is 6.07 Å². The van der Waals surface area contributed by atoms with Crippen molar-refractivity contribution in [1.82, 2.24) is 4.90 Å². The van der Waals surface area contributed by atoms with Crippen molar-refractivity contribution in [2.45, 2.75) is 19.8 Å². The molecule has 90 valence electrons. The fraction of sp³-hybridized carbons (Fsp3) is 0.429. The van der Waals surface area contributed by atoms with Gasteiger partial charge in [-0.2, -0.15) is 5.26 Å². The Kier molecular flexibility index (Phi) is 5.38. The van der Waals surface area contributed by atoms with Crippen LogP contribution in [-0.4, -0.2) is 30.8 Å². The first-order chi connectivity index (χ1) is 8.13. The molecule has 3 nitrogen and oxygen atoms in total. The van der Waals surface area contributed by atoms with Gasteiger partial charge in [-0.3, -0.25) is 9.69 Å². The smallest absolute Gasteiger partial charge is 0.160 e. The van der Waals surface area contributed by atoms with Gasteiger partial charge in [-0.25, -0.2) is 0 Å². The molecule has 3 heteroatoms. The second kappa shape index (κ2) is 6.82. The van der Waals surface area contributed by atoms with Gasteiger partial charge in [0, 0.05) is 6.54 Å². The van der Waals surface area contributed by atoms with Crippen LogP contribution < -0.4 is 0 Å². The molecule has 0 saturated carbocycles. The number of Topliss-reactive ketones (excluding diaryl/α,β-unsaturated/α-hetero) is 1. The zero-order chi connectivity index (χ0) is 12.7. The van der Waals surface area contributed by atoms with Crippen molar-refractivity contribution in [3.63, 3.8) is 0 Å². The maximum absolute atomic E-state index is 11.3. The first-order valence-corrected chi connectivity index (χ1v) is 5.75. The Morgan fingerprint density at radius 1 is 1.41 bits per heavy atom. The number of likely N-dealkylation sites (N-methyl/N-ethyl adjacent to an activating group) is 1. The Bertz CT molecular complexity index is 420. The van der Waals surface area contributed by atoms with E-state index in [-0.39, 0.29) is 12.2 Å². The van der Waals surface area contributed by atoms with Crippen molar-refractivity contribution in [2.75, 3.05) is 20.1 Å². The highest BCUT2D eigenvalue weighted by molar-refractivity contribution is 5.82. The molecule has 0 amide bonds. The Morgan fingerprint density at radius 2 is 2.12 bits per heavy atom. The summed E-state index contributed by atoms with van der Waals surface area (Å²) in [5.41, 5.74) is 2.59. The van der Waals surface area contributed by atoms with Gasteiger partial charge < -0.3 is 0 Å². The normalized spacial score (nSPS) is 10.2. The molecule has 0 fully saturated rings. The predicted molar refractivity (Wildman–Crippen MR) is 67.6 cm³/mol. The highest BCUT2D eigenvalue weighted by Gasteiger charge is 2.06. The summed E-state index contributed by atoms with van der Waals surface area (Å²) in [5, 5.41) is 8.40. The molecular weight excluding hydrogens is 212 g/mol. The van der Waals surface area contributed by atoms with Crippen LogP contribution in [0.15, 0.2) is 24.3 Å². The average molecular weight is 230 g/mol. The van der Waals surface area contributed by atoms with E-state index in [4.69, 9.17) is 5.26 Å². The predicted octanol–water partition coefficient (Wildman–Crippen LogP) is 1.95. The molecule has 0 aliphatic carbocycles. The molecule has 1 rings (SSSR count). The van der Waals surface area contributed by atoms with Crippen LogP contribution >= 0.6 is 0 Å². The minimum Gasteiger partial charge on any atom is -0.299 e. The molecule has 0 unspecified atom stereocenters. The van der Waals surface area contributed by atoms with E-state index in [9.17, 15) is 4.79 Å². The molecule has 17 heavy (non-hydrogen) atoms. The maximum atomic E-state index is 11.3. The fourth-order valence-corrected chi connectivity index (χ4v) is 1.73. The lowest BCUT2D eigenvalue weighted by Gasteiger charge is -2.15. The Balaban J connectivity index is 2.39. The SMILES string of the molecule is Cc1ccccc1CCN(C)CC(=O)CC#N. The van der Waals surface area contributed by atoms with Gasteiger partial charge >= 0.3 is 0 Å². The second-order valence-corrected chi connectivity index (χ2v) is 4.29. The number of rotatable bonds is 6. The number of aryl methyl sites for hydroxylation is 1. The van der Waals surface area contributed by atoms with Gasteiger partial charge in [-0.15, -0.1) is 0 Å². The largest absolute Gasteiger partial charge is 0.299 e. The summed E-state index contributed by atoms with van der Waals surface area (Å²) < 4.78 is 0. The summed E-state index contributed by atoms with van der Waals surface area (Å²) >= 11 is 0. The van der Waals surface area contributed by atoms with Crippen molar-refractivity contribution in [3.05, 3.63) is 35.4 Å². The second-order valence-electron chi connectivity index (χ2n) is 4.29. The third-order valence-corrected chi connectivity index (χ3v) is 2.75. The zero-order valence-corrected chi connectivity index (χ0v) is 10.4. The summed E-state index contributed by atoms with van der Waals surface area (Å²) in [7, 11) is 1.91. The van der Waals surface area contributed by atoms with E-state index in [0.717, 1.165) is 13.0 Å². The molecule has 0 aliphatic heterocycles. The molecule has 0 atom stereocenters. The Labute approximate surface area is 103 Å². The van der Waals surface area contributed by atoms with E-state index in [1.54, 1.807) is 0 Å². The van der Waals surface area contributed by atoms with Crippen LogP contribution in [0.25, 0.3) is 0 Å². The highest BCUT2D eigenvalue weighted by Crippen LogP contribution is 2.08. The van der Waals surface area contributed by atoms with Gasteiger partial charge in [0.05, 0.1) is 19.0 Å². The van der Waals surface area contributed by atoms with Gasteiger partial charge in [0.15, 0.2) is 5.78 Å². The molecule has 0 aliphatic rings. The van der Waals surface area contributed by atoms with Crippen LogP contribution in [0.1, 0.15) is 17.5 Å². The van der Waals surface area contributed by atoms with Crippen LogP contribution in [0.4, 0.5) is 0 Å². The van der Waals surface area contributed by atoms with Crippen molar-refractivity contribution < 1.29 is 4.79 Å². The lowest BCUT2D eigenvalue weighted by Crippen LogP contribution is -2.27. The van der Waals surface area contributed by atoms with E-state index in [2.05, 4.69) is 19.1 Å². The average Bonchev–Trinajstić information content (AvgIpc) is 2.28. The van der Waals surface area contributed by atoms with Crippen molar-refractivity contribution in [1.29, 1.82) is 5.26 Å². The number of carbonyl (C=O) groups excluding carboxylic acids is 1. The number of hydrogen-bond donors (Lipinski definition) is 0. The zero-order valence-electron chi connectivity index (χ0n) is 10.4. The van der Waals surface area contributed by atoms with Gasteiger partial charge in [0.1, 0.15) is 0 Å². The summed E-state index contributed by atoms with van der Waals surface area (Å²) in [6, 6.07) is 10.1. The number of nitriles is 1. The van der Waals surface area contributed by atoms with Crippen LogP contribution in [-0.2, 0) is 11.2 Å². The van der Waals surface area contributed by atoms with Crippen LogP contribution in [0.5, 0.6) is 0 Å². The van der Waals surface area contributed by atoms with Crippen molar-refractivity contribution in [2.24, 2.45) is 0 Å². The van der Waals surface area contributed by atoms with Gasteiger partial charge in [0.25, 0.3) is 0 Å². The minimum absolute atomic E-state index is 0.00864. The molecule has 0 aromatic heterocycles. The monoisotopic (exact) mass is 230 g/mol. The van der Waals surface area contributed by atoms with E-state index in [1.807, 2.05) is 30.1 Å². The lowest BCUT2D eigenvalue weighted by molar-refractivity contribution is -0.118. The van der Waals surface area contributed by atoms with Crippen molar-refractivity contribution >= 4 is 5.78 Å². The number of ketones is 1. The Hall–Kier alpha value is -1.66. The molecule has 0 N–H and O–H groups in total. The van der Waals surface area contributed by atoms with Crippen LogP contribution in [0, 0.1) is 18.3 Å². The summed E-state index contributed by atoms with van der Waals surface area (Å²) in [6.45, 7) is 3.29. The molecule has 0 spiro atoms.